The maximum absolute atomic E-state index is 12.9. The van der Waals surface area contributed by atoms with Gasteiger partial charge in [-0.3, -0.25) is 0 Å². The number of aliphatic hydroxyl groups excluding tert-OH is 1. The van der Waals surface area contributed by atoms with Crippen molar-refractivity contribution >= 4 is 17.9 Å². The first-order valence-corrected chi connectivity index (χ1v) is 14.8. The van der Waals surface area contributed by atoms with E-state index in [4.69, 9.17) is 28.8 Å². The molecule has 9 heteroatoms. The Morgan fingerprint density at radius 1 is 0.711 bits per heavy atom. The molecule has 1 aliphatic rings. The largest absolute Gasteiger partial charge is 0.494 e. The molecule has 236 valence electrons. The van der Waals surface area contributed by atoms with Crippen LogP contribution < -0.4 is 14.2 Å². The number of ether oxygens (including phenoxy) is 5. The molecule has 45 heavy (non-hydrogen) atoms. The van der Waals surface area contributed by atoms with Crippen molar-refractivity contribution in [3.63, 3.8) is 0 Å². The van der Waals surface area contributed by atoms with Gasteiger partial charge in [-0.2, -0.15) is 0 Å². The zero-order valence-electron chi connectivity index (χ0n) is 25.6. The highest BCUT2D eigenvalue weighted by Crippen LogP contribution is 2.47. The predicted molar refractivity (Wildman–Crippen MR) is 169 cm³/mol. The molecule has 1 unspecified atom stereocenters. The van der Waals surface area contributed by atoms with Crippen LogP contribution in [0, 0.1) is 0 Å². The first kappa shape index (κ1) is 33.0. The van der Waals surface area contributed by atoms with Gasteiger partial charge in [0.15, 0.2) is 0 Å². The minimum atomic E-state index is -0.602. The van der Waals surface area contributed by atoms with Crippen LogP contribution in [-0.4, -0.2) is 56.0 Å². The molecule has 0 amide bonds. The zero-order chi connectivity index (χ0) is 32.3. The second kappa shape index (κ2) is 15.7. The van der Waals surface area contributed by atoms with E-state index in [1.54, 1.807) is 37.3 Å². The Bertz CT molecular complexity index is 1560. The molecule has 0 saturated heterocycles. The molecule has 1 atom stereocenters. The summed E-state index contributed by atoms with van der Waals surface area (Å²) in [6, 6.07) is 18.4. The second-order valence-electron chi connectivity index (χ2n) is 10.7. The van der Waals surface area contributed by atoms with Crippen molar-refractivity contribution in [2.24, 2.45) is 0 Å². The van der Waals surface area contributed by atoms with Crippen molar-refractivity contribution in [3.05, 3.63) is 102 Å². The van der Waals surface area contributed by atoms with Crippen LogP contribution in [0.2, 0.25) is 0 Å². The van der Waals surface area contributed by atoms with Gasteiger partial charge in [0.2, 0.25) is 0 Å². The third kappa shape index (κ3) is 8.83. The smallest absolute Gasteiger partial charge is 0.343 e. The van der Waals surface area contributed by atoms with E-state index in [0.29, 0.717) is 55.1 Å². The van der Waals surface area contributed by atoms with E-state index in [0.717, 1.165) is 28.0 Å². The van der Waals surface area contributed by atoms with E-state index in [1.165, 1.54) is 0 Å². The molecule has 3 aromatic carbocycles. The van der Waals surface area contributed by atoms with Gasteiger partial charge >= 0.3 is 17.9 Å². The fraction of sp³-hybridized carbons (Fsp3) is 0.306. The Kier molecular flexibility index (Phi) is 11.5. The highest BCUT2D eigenvalue weighted by Gasteiger charge is 2.27. The number of carbonyl (C=O) groups excluding carboxylic acids is 3. The minimum absolute atomic E-state index is 0.0245. The number of hydrogen-bond donors (Lipinski definition) is 1. The van der Waals surface area contributed by atoms with Gasteiger partial charge < -0.3 is 28.8 Å². The van der Waals surface area contributed by atoms with Crippen molar-refractivity contribution < 1.29 is 43.2 Å². The van der Waals surface area contributed by atoms with E-state index in [9.17, 15) is 14.4 Å². The normalized spacial score (nSPS) is 12.8. The van der Waals surface area contributed by atoms with Crippen molar-refractivity contribution in [2.75, 3.05) is 33.0 Å². The van der Waals surface area contributed by atoms with Gasteiger partial charge in [-0.25, -0.2) is 14.4 Å². The molecule has 0 heterocycles. The third-order valence-electron chi connectivity index (χ3n) is 7.23. The van der Waals surface area contributed by atoms with Gasteiger partial charge in [0.1, 0.15) is 17.2 Å². The molecule has 0 aliphatic heterocycles. The zero-order valence-corrected chi connectivity index (χ0v) is 25.6. The van der Waals surface area contributed by atoms with Crippen LogP contribution in [0.15, 0.2) is 85.0 Å². The lowest BCUT2D eigenvalue weighted by Gasteiger charge is -2.11. The minimum Gasteiger partial charge on any atom is -0.494 e. The van der Waals surface area contributed by atoms with Crippen LogP contribution in [0.5, 0.6) is 17.2 Å². The summed E-state index contributed by atoms with van der Waals surface area (Å²) in [5, 5.41) is 8.87. The summed E-state index contributed by atoms with van der Waals surface area (Å²) >= 11 is 0. The number of aliphatic hydroxyl groups is 1. The molecule has 0 fully saturated rings. The van der Waals surface area contributed by atoms with Gasteiger partial charge in [-0.1, -0.05) is 32.2 Å². The first-order chi connectivity index (χ1) is 21.7. The average molecular weight is 615 g/mol. The van der Waals surface area contributed by atoms with Gasteiger partial charge in [0, 0.05) is 17.9 Å². The van der Waals surface area contributed by atoms with Gasteiger partial charge in [-0.15, -0.1) is 0 Å². The van der Waals surface area contributed by atoms with E-state index in [2.05, 4.69) is 20.1 Å². The number of esters is 3. The SMILES string of the molecule is C=C(C)C(=O)OCCCOc1ccc2c(c1)C(C)c1cc(OC(=O)c3ccc(OCCCCOC(=O)C(=C)CO)cc3)ccc1-2. The number of rotatable bonds is 16. The lowest BCUT2D eigenvalue weighted by molar-refractivity contribution is -0.140. The van der Waals surface area contributed by atoms with Crippen molar-refractivity contribution in [3.8, 4) is 28.4 Å². The van der Waals surface area contributed by atoms with Crippen LogP contribution in [0.1, 0.15) is 60.5 Å². The molecule has 4 rings (SSSR count). The van der Waals surface area contributed by atoms with E-state index >= 15 is 0 Å². The number of unbranched alkanes of at least 4 members (excludes halogenated alkanes) is 1. The van der Waals surface area contributed by atoms with E-state index < -0.39 is 24.5 Å². The molecule has 0 saturated carbocycles. The van der Waals surface area contributed by atoms with E-state index in [-0.39, 0.29) is 24.7 Å². The van der Waals surface area contributed by atoms with Gasteiger partial charge in [-0.05, 0) is 90.6 Å². The Balaban J connectivity index is 1.25. The summed E-state index contributed by atoms with van der Waals surface area (Å²) in [6.45, 7) is 11.6. The fourth-order valence-electron chi connectivity index (χ4n) is 4.73. The van der Waals surface area contributed by atoms with Crippen molar-refractivity contribution in [2.45, 2.75) is 39.0 Å². The summed E-state index contributed by atoms with van der Waals surface area (Å²) in [7, 11) is 0. The number of benzene rings is 3. The Morgan fingerprint density at radius 2 is 1.24 bits per heavy atom. The molecular weight excluding hydrogens is 576 g/mol. The molecule has 0 bridgehead atoms. The molecule has 0 radical (unpaired) electrons. The summed E-state index contributed by atoms with van der Waals surface area (Å²) < 4.78 is 27.4. The van der Waals surface area contributed by atoms with Crippen LogP contribution in [-0.2, 0) is 19.1 Å². The highest BCUT2D eigenvalue weighted by atomic mass is 16.5. The fourth-order valence-corrected chi connectivity index (χ4v) is 4.73. The Hall–Kier alpha value is -4.89. The second-order valence-corrected chi connectivity index (χ2v) is 10.7. The summed E-state index contributed by atoms with van der Waals surface area (Å²) in [6.07, 6.45) is 1.83. The lowest BCUT2D eigenvalue weighted by Crippen LogP contribution is -2.11. The molecule has 0 spiro atoms. The van der Waals surface area contributed by atoms with E-state index in [1.807, 2.05) is 30.3 Å². The van der Waals surface area contributed by atoms with Crippen molar-refractivity contribution in [1.82, 2.24) is 0 Å². The monoisotopic (exact) mass is 614 g/mol. The van der Waals surface area contributed by atoms with Crippen LogP contribution >= 0.6 is 0 Å². The standard InChI is InChI=1S/C36H38O9/c1-23(2)34(38)43-19-7-18-42-28-12-14-30-31-15-13-29(21-33(31)25(4)32(30)20-28)45-36(40)26-8-10-27(11-9-26)41-16-5-6-17-44-35(39)24(3)22-37/h8-15,20-21,25,37H,1,3,5-7,16-19,22H2,2,4H3. The number of hydrogen-bond acceptors (Lipinski definition) is 9. The number of fused-ring (bicyclic) bond motifs is 3. The van der Waals surface area contributed by atoms with Crippen LogP contribution in [0.4, 0.5) is 0 Å². The third-order valence-corrected chi connectivity index (χ3v) is 7.23. The van der Waals surface area contributed by atoms with Gasteiger partial charge in [0.25, 0.3) is 0 Å². The highest BCUT2D eigenvalue weighted by molar-refractivity contribution is 5.91. The first-order valence-electron chi connectivity index (χ1n) is 14.8. The lowest BCUT2D eigenvalue weighted by atomic mass is 9.99. The average Bonchev–Trinajstić information content (AvgIpc) is 3.32. The van der Waals surface area contributed by atoms with Crippen LogP contribution in [0.25, 0.3) is 11.1 Å². The van der Waals surface area contributed by atoms with Crippen LogP contribution in [0.3, 0.4) is 0 Å². The summed E-state index contributed by atoms with van der Waals surface area (Å²) in [5.74, 6) is 0.415. The maximum atomic E-state index is 12.9. The molecule has 1 aliphatic carbocycles. The Morgan fingerprint density at radius 3 is 1.91 bits per heavy atom. The van der Waals surface area contributed by atoms with Gasteiger partial charge in [0.05, 0.1) is 44.2 Å². The van der Waals surface area contributed by atoms with Crippen molar-refractivity contribution in [1.29, 1.82) is 0 Å². The quantitative estimate of drug-likeness (QED) is 0.0874. The summed E-state index contributed by atoms with van der Waals surface area (Å²) in [5.41, 5.74) is 5.19. The molecule has 3 aromatic rings. The maximum Gasteiger partial charge on any atom is 0.343 e. The molecule has 0 aromatic heterocycles. The predicted octanol–water partition coefficient (Wildman–Crippen LogP) is 6.18. The molecular formula is C36H38O9. The molecule has 9 nitrogen and oxygen atoms in total. The topological polar surface area (TPSA) is 118 Å². The summed E-state index contributed by atoms with van der Waals surface area (Å²) in [4.78, 5) is 35.8. The molecule has 1 N–H and O–H groups in total. The number of carbonyl (C=O) groups is 3. The Labute approximate surface area is 263 Å².